The average molecular weight is 214 g/mol. The van der Waals surface area contributed by atoms with Crippen LogP contribution in [-0.4, -0.2) is 13.1 Å². The Morgan fingerprint density at radius 2 is 1.87 bits per heavy atom. The molecule has 0 fully saturated rings. The second kappa shape index (κ2) is 6.86. The summed E-state index contributed by atoms with van der Waals surface area (Å²) >= 11 is 0. The maximum absolute atomic E-state index is 11.5. The molecule has 2 heteroatoms. The number of carbonyl (C=O) groups excluding carboxylic acids is 1. The molecule has 15 heavy (non-hydrogen) atoms. The van der Waals surface area contributed by atoms with Gasteiger partial charge in [0.2, 0.25) is 0 Å². The second-order valence-corrected chi connectivity index (χ2v) is 4.96. The minimum atomic E-state index is -0.346. The topological polar surface area (TPSA) is 26.3 Å². The maximum Gasteiger partial charge on any atom is 0.311 e. The fraction of sp³-hybridized carbons (Fsp3) is 0.923. The third-order valence-corrected chi connectivity index (χ3v) is 3.43. The number of ether oxygens (including phenoxy) is 1. The molecule has 0 spiro atoms. The van der Waals surface area contributed by atoms with Crippen LogP contribution in [0, 0.1) is 11.3 Å². The Bertz CT molecular complexity index is 185. The van der Waals surface area contributed by atoms with Crippen LogP contribution in [0.4, 0.5) is 0 Å². The number of carbonyl (C=O) groups is 1. The zero-order chi connectivity index (χ0) is 11.9. The van der Waals surface area contributed by atoms with E-state index in [1.165, 1.54) is 32.8 Å². The molecule has 1 unspecified atom stereocenters. The predicted octanol–water partition coefficient (Wildman–Crippen LogP) is 3.79. The van der Waals surface area contributed by atoms with E-state index in [2.05, 4.69) is 13.8 Å². The van der Waals surface area contributed by atoms with Crippen LogP contribution in [0.25, 0.3) is 0 Å². The Labute approximate surface area is 94.4 Å². The molecule has 0 radical (unpaired) electrons. The van der Waals surface area contributed by atoms with Crippen molar-refractivity contribution < 1.29 is 9.53 Å². The largest absolute Gasteiger partial charge is 0.469 e. The number of unbranched alkanes of at least 4 members (excludes halogenated alkanes) is 3. The van der Waals surface area contributed by atoms with Gasteiger partial charge in [0.1, 0.15) is 0 Å². The lowest BCUT2D eigenvalue weighted by molar-refractivity contribution is -0.153. The van der Waals surface area contributed by atoms with E-state index in [1.807, 2.05) is 13.8 Å². The average Bonchev–Trinajstić information content (AvgIpc) is 2.22. The third kappa shape index (κ3) is 4.67. The molecule has 0 N–H and O–H groups in total. The predicted molar refractivity (Wildman–Crippen MR) is 63.7 cm³/mol. The van der Waals surface area contributed by atoms with Gasteiger partial charge < -0.3 is 4.74 Å². The van der Waals surface area contributed by atoms with Crippen molar-refractivity contribution in [1.82, 2.24) is 0 Å². The monoisotopic (exact) mass is 214 g/mol. The molecule has 2 nitrogen and oxygen atoms in total. The zero-order valence-electron chi connectivity index (χ0n) is 10.9. The lowest BCUT2D eigenvalue weighted by Gasteiger charge is -2.28. The van der Waals surface area contributed by atoms with Gasteiger partial charge in [-0.15, -0.1) is 0 Å². The molecular weight excluding hydrogens is 188 g/mol. The molecule has 0 aromatic carbocycles. The van der Waals surface area contributed by atoms with E-state index in [9.17, 15) is 4.79 Å². The van der Waals surface area contributed by atoms with E-state index in [-0.39, 0.29) is 11.4 Å². The van der Waals surface area contributed by atoms with Crippen LogP contribution in [0.3, 0.4) is 0 Å². The van der Waals surface area contributed by atoms with E-state index >= 15 is 0 Å². The third-order valence-electron chi connectivity index (χ3n) is 3.43. The Morgan fingerprint density at radius 1 is 1.27 bits per heavy atom. The van der Waals surface area contributed by atoms with Gasteiger partial charge in [0.05, 0.1) is 12.5 Å². The Morgan fingerprint density at radius 3 is 2.33 bits per heavy atom. The molecule has 0 heterocycles. The summed E-state index contributed by atoms with van der Waals surface area (Å²) in [6.07, 6.45) is 6.16. The van der Waals surface area contributed by atoms with Crippen molar-refractivity contribution in [2.45, 2.75) is 59.8 Å². The fourth-order valence-electron chi connectivity index (χ4n) is 1.70. The van der Waals surface area contributed by atoms with Gasteiger partial charge in [-0.05, 0) is 26.2 Å². The van der Waals surface area contributed by atoms with Crippen molar-refractivity contribution >= 4 is 5.97 Å². The highest BCUT2D eigenvalue weighted by atomic mass is 16.5. The molecule has 0 aliphatic heterocycles. The van der Waals surface area contributed by atoms with E-state index in [4.69, 9.17) is 4.74 Å². The van der Waals surface area contributed by atoms with E-state index in [1.54, 1.807) is 0 Å². The molecule has 0 aliphatic carbocycles. The first-order valence-corrected chi connectivity index (χ1v) is 6.05. The molecule has 0 aromatic heterocycles. The normalized spacial score (nSPS) is 13.7. The van der Waals surface area contributed by atoms with Crippen molar-refractivity contribution in [2.75, 3.05) is 7.11 Å². The van der Waals surface area contributed by atoms with Crippen molar-refractivity contribution in [3.05, 3.63) is 0 Å². The summed E-state index contributed by atoms with van der Waals surface area (Å²) in [5.74, 6) is 0.298. The highest BCUT2D eigenvalue weighted by Crippen LogP contribution is 2.31. The van der Waals surface area contributed by atoms with Gasteiger partial charge in [-0.2, -0.15) is 0 Å². The van der Waals surface area contributed by atoms with Crippen LogP contribution in [-0.2, 0) is 9.53 Å². The summed E-state index contributed by atoms with van der Waals surface area (Å²) in [5.41, 5.74) is -0.346. The molecule has 0 aliphatic rings. The summed E-state index contributed by atoms with van der Waals surface area (Å²) in [5, 5.41) is 0. The minimum Gasteiger partial charge on any atom is -0.469 e. The number of methoxy groups -OCH3 is 1. The first kappa shape index (κ1) is 14.5. The molecule has 0 saturated carbocycles. The van der Waals surface area contributed by atoms with E-state index < -0.39 is 0 Å². The minimum absolute atomic E-state index is 0.0921. The highest BCUT2D eigenvalue weighted by molar-refractivity contribution is 5.76. The van der Waals surface area contributed by atoms with Gasteiger partial charge in [0.25, 0.3) is 0 Å². The van der Waals surface area contributed by atoms with Gasteiger partial charge in [-0.1, -0.05) is 39.5 Å². The van der Waals surface area contributed by atoms with Gasteiger partial charge >= 0.3 is 5.97 Å². The SMILES string of the molecule is CCCCCCC(C)C(C)(C)C(=O)OC. The quantitative estimate of drug-likeness (QED) is 0.476. The maximum atomic E-state index is 11.5. The summed E-state index contributed by atoms with van der Waals surface area (Å²) in [6.45, 7) is 8.30. The number of rotatable bonds is 7. The van der Waals surface area contributed by atoms with Gasteiger partial charge in [0, 0.05) is 0 Å². The molecule has 0 amide bonds. The van der Waals surface area contributed by atoms with Crippen molar-refractivity contribution in [2.24, 2.45) is 11.3 Å². The number of esters is 1. The van der Waals surface area contributed by atoms with Crippen molar-refractivity contribution in [3.63, 3.8) is 0 Å². The lowest BCUT2D eigenvalue weighted by atomic mass is 9.77. The Kier molecular flexibility index (Phi) is 6.62. The molecular formula is C13H26O2. The number of hydrogen-bond acceptors (Lipinski definition) is 2. The summed E-state index contributed by atoms with van der Waals surface area (Å²) in [6, 6.07) is 0. The highest BCUT2D eigenvalue weighted by Gasteiger charge is 2.34. The Hall–Kier alpha value is -0.530. The summed E-state index contributed by atoms with van der Waals surface area (Å²) in [7, 11) is 1.47. The zero-order valence-corrected chi connectivity index (χ0v) is 10.9. The fourth-order valence-corrected chi connectivity index (χ4v) is 1.70. The van der Waals surface area contributed by atoms with E-state index in [0.29, 0.717) is 5.92 Å². The molecule has 1 atom stereocenters. The van der Waals surface area contributed by atoms with Crippen LogP contribution in [0.1, 0.15) is 59.8 Å². The van der Waals surface area contributed by atoms with Crippen LogP contribution < -0.4 is 0 Å². The standard InChI is InChI=1S/C13H26O2/c1-6-7-8-9-10-11(2)13(3,4)12(14)15-5/h11H,6-10H2,1-5H3. The summed E-state index contributed by atoms with van der Waals surface area (Å²) < 4.78 is 4.82. The number of hydrogen-bond donors (Lipinski definition) is 0. The second-order valence-electron chi connectivity index (χ2n) is 4.96. The van der Waals surface area contributed by atoms with Crippen LogP contribution in [0.15, 0.2) is 0 Å². The molecule has 0 bridgehead atoms. The van der Waals surface area contributed by atoms with Gasteiger partial charge in [0.15, 0.2) is 0 Å². The molecule has 0 saturated heterocycles. The first-order chi connectivity index (χ1) is 6.96. The van der Waals surface area contributed by atoms with Crippen LogP contribution in [0.5, 0.6) is 0 Å². The van der Waals surface area contributed by atoms with Gasteiger partial charge in [-0.3, -0.25) is 4.79 Å². The first-order valence-electron chi connectivity index (χ1n) is 6.05. The van der Waals surface area contributed by atoms with Gasteiger partial charge in [-0.25, -0.2) is 0 Å². The van der Waals surface area contributed by atoms with E-state index in [0.717, 1.165) is 6.42 Å². The molecule has 90 valence electrons. The molecule has 0 aromatic rings. The lowest BCUT2D eigenvalue weighted by Crippen LogP contribution is -2.32. The smallest absolute Gasteiger partial charge is 0.311 e. The van der Waals surface area contributed by atoms with Crippen molar-refractivity contribution in [1.29, 1.82) is 0 Å². The van der Waals surface area contributed by atoms with Crippen molar-refractivity contribution in [3.8, 4) is 0 Å². The molecule has 0 rings (SSSR count). The summed E-state index contributed by atoms with van der Waals surface area (Å²) in [4.78, 5) is 11.5. The van der Waals surface area contributed by atoms with Crippen LogP contribution >= 0.6 is 0 Å². The Balaban J connectivity index is 3.96. The van der Waals surface area contributed by atoms with Crippen LogP contribution in [0.2, 0.25) is 0 Å².